The predicted octanol–water partition coefficient (Wildman–Crippen LogP) is 0.154. The normalized spacial score (nSPS) is 15.7. The number of rotatable bonds is 3. The first kappa shape index (κ1) is 15.6. The highest BCUT2D eigenvalue weighted by atomic mass is 32.2. The third-order valence-electron chi connectivity index (χ3n) is 3.72. The van der Waals surface area contributed by atoms with Crippen molar-refractivity contribution in [1.29, 1.82) is 0 Å². The van der Waals surface area contributed by atoms with Gasteiger partial charge in [-0.05, 0) is 25.1 Å². The van der Waals surface area contributed by atoms with Crippen LogP contribution in [0.2, 0.25) is 0 Å². The zero-order valence-electron chi connectivity index (χ0n) is 12.8. The van der Waals surface area contributed by atoms with Crippen molar-refractivity contribution in [3.05, 3.63) is 36.4 Å². The van der Waals surface area contributed by atoms with E-state index in [1.54, 1.807) is 18.5 Å². The molecule has 3 rings (SSSR count). The third-order valence-corrected chi connectivity index (χ3v) is 4.65. The number of aromatic nitrogens is 3. The number of sulfonamides is 1. The molecule has 2 aromatic heterocycles. The summed E-state index contributed by atoms with van der Waals surface area (Å²) in [6, 6.07) is 4.93. The molecule has 122 valence electrons. The Balaban J connectivity index is 1.78. The predicted molar refractivity (Wildman–Crippen MR) is 86.8 cm³/mol. The van der Waals surface area contributed by atoms with Crippen LogP contribution in [0.4, 0.5) is 11.6 Å². The molecule has 1 aliphatic heterocycles. The van der Waals surface area contributed by atoms with Crippen molar-refractivity contribution in [2.24, 2.45) is 5.14 Å². The van der Waals surface area contributed by atoms with E-state index in [-0.39, 0.29) is 4.90 Å². The van der Waals surface area contributed by atoms with Crippen LogP contribution in [0.15, 0.2) is 35.5 Å². The van der Waals surface area contributed by atoms with Crippen molar-refractivity contribution < 1.29 is 8.42 Å². The van der Waals surface area contributed by atoms with Crippen LogP contribution in [0.1, 0.15) is 5.82 Å². The lowest BCUT2D eigenvalue weighted by Crippen LogP contribution is -2.47. The molecule has 0 radical (unpaired) electrons. The van der Waals surface area contributed by atoms with Gasteiger partial charge in [-0.25, -0.2) is 28.5 Å². The summed E-state index contributed by atoms with van der Waals surface area (Å²) >= 11 is 0. The van der Waals surface area contributed by atoms with Crippen molar-refractivity contribution in [3.63, 3.8) is 0 Å². The molecule has 3 heterocycles. The molecule has 0 aliphatic carbocycles. The van der Waals surface area contributed by atoms with E-state index in [4.69, 9.17) is 5.14 Å². The topological polar surface area (TPSA) is 105 Å². The Hall–Kier alpha value is -2.26. The minimum Gasteiger partial charge on any atom is -0.353 e. The average Bonchev–Trinajstić information content (AvgIpc) is 2.54. The van der Waals surface area contributed by atoms with E-state index in [0.29, 0.717) is 18.9 Å². The fraction of sp³-hybridized carbons (Fsp3) is 0.357. The molecule has 9 heteroatoms. The van der Waals surface area contributed by atoms with Gasteiger partial charge in [-0.2, -0.15) is 0 Å². The molecule has 0 bridgehead atoms. The molecule has 0 spiro atoms. The Morgan fingerprint density at radius 1 is 1.04 bits per heavy atom. The van der Waals surface area contributed by atoms with Crippen molar-refractivity contribution >= 4 is 21.7 Å². The maximum atomic E-state index is 11.7. The maximum Gasteiger partial charge on any atom is 0.241 e. The molecular formula is C14H18N6O2S. The third kappa shape index (κ3) is 3.40. The Morgan fingerprint density at radius 3 is 2.39 bits per heavy atom. The lowest BCUT2D eigenvalue weighted by molar-refractivity contribution is 0.594. The monoisotopic (exact) mass is 334 g/mol. The van der Waals surface area contributed by atoms with E-state index < -0.39 is 10.0 Å². The highest BCUT2D eigenvalue weighted by Gasteiger charge is 2.24. The number of anilines is 2. The van der Waals surface area contributed by atoms with Gasteiger partial charge in [0.2, 0.25) is 10.0 Å². The first-order valence-electron chi connectivity index (χ1n) is 7.22. The summed E-state index contributed by atoms with van der Waals surface area (Å²) in [7, 11) is -3.79. The van der Waals surface area contributed by atoms with Crippen LogP contribution in [0.5, 0.6) is 0 Å². The molecular weight excluding hydrogens is 316 g/mol. The van der Waals surface area contributed by atoms with Gasteiger partial charge in [-0.1, -0.05) is 0 Å². The minimum atomic E-state index is -3.79. The standard InChI is InChI=1S/C14H18N6O2S/c1-11-16-6-4-13(18-11)19-7-9-20(10-8-19)14-12(23(15,21)22)3-2-5-17-14/h2-6H,7-10H2,1H3,(H2,15,21,22). The summed E-state index contributed by atoms with van der Waals surface area (Å²) in [5, 5.41) is 5.28. The summed E-state index contributed by atoms with van der Waals surface area (Å²) in [5.41, 5.74) is 0. The fourth-order valence-electron chi connectivity index (χ4n) is 2.61. The summed E-state index contributed by atoms with van der Waals surface area (Å²) < 4.78 is 23.4. The van der Waals surface area contributed by atoms with Gasteiger partial charge in [0.15, 0.2) is 0 Å². The first-order chi connectivity index (χ1) is 10.9. The van der Waals surface area contributed by atoms with Gasteiger partial charge < -0.3 is 9.80 Å². The van der Waals surface area contributed by atoms with E-state index >= 15 is 0 Å². The molecule has 23 heavy (non-hydrogen) atoms. The van der Waals surface area contributed by atoms with Gasteiger partial charge >= 0.3 is 0 Å². The molecule has 1 fully saturated rings. The number of aryl methyl sites for hydroxylation is 1. The Kier molecular flexibility index (Phi) is 4.14. The molecule has 2 aromatic rings. The van der Waals surface area contributed by atoms with Crippen molar-refractivity contribution in [2.45, 2.75) is 11.8 Å². The number of piperazine rings is 1. The van der Waals surface area contributed by atoms with Crippen LogP contribution in [0.25, 0.3) is 0 Å². The van der Waals surface area contributed by atoms with Crippen molar-refractivity contribution in [3.8, 4) is 0 Å². The average molecular weight is 334 g/mol. The van der Waals surface area contributed by atoms with E-state index in [1.165, 1.54) is 6.07 Å². The zero-order chi connectivity index (χ0) is 16.4. The Labute approximate surface area is 135 Å². The summed E-state index contributed by atoms with van der Waals surface area (Å²) in [6.07, 6.45) is 3.31. The smallest absolute Gasteiger partial charge is 0.241 e. The van der Waals surface area contributed by atoms with Crippen LogP contribution >= 0.6 is 0 Å². The van der Waals surface area contributed by atoms with Crippen molar-refractivity contribution in [1.82, 2.24) is 15.0 Å². The lowest BCUT2D eigenvalue weighted by Gasteiger charge is -2.36. The molecule has 8 nitrogen and oxygen atoms in total. The zero-order valence-corrected chi connectivity index (χ0v) is 13.6. The highest BCUT2D eigenvalue weighted by Crippen LogP contribution is 2.23. The summed E-state index contributed by atoms with van der Waals surface area (Å²) in [5.74, 6) is 2.02. The van der Waals surface area contributed by atoms with Crippen LogP contribution in [0.3, 0.4) is 0 Å². The molecule has 0 aromatic carbocycles. The van der Waals surface area contributed by atoms with Crippen LogP contribution in [-0.2, 0) is 10.0 Å². The number of hydrogen-bond acceptors (Lipinski definition) is 7. The number of hydrogen-bond donors (Lipinski definition) is 1. The van der Waals surface area contributed by atoms with Gasteiger partial charge in [0.1, 0.15) is 22.4 Å². The van der Waals surface area contributed by atoms with Crippen LogP contribution in [-0.4, -0.2) is 49.5 Å². The second-order valence-corrected chi connectivity index (χ2v) is 6.84. The lowest BCUT2D eigenvalue weighted by atomic mass is 10.3. The number of nitrogens with zero attached hydrogens (tertiary/aromatic N) is 5. The van der Waals surface area contributed by atoms with Gasteiger partial charge in [0.05, 0.1) is 0 Å². The second kappa shape index (κ2) is 6.09. The van der Waals surface area contributed by atoms with E-state index in [9.17, 15) is 8.42 Å². The number of pyridine rings is 1. The largest absolute Gasteiger partial charge is 0.353 e. The quantitative estimate of drug-likeness (QED) is 0.852. The Morgan fingerprint density at radius 2 is 1.74 bits per heavy atom. The molecule has 1 aliphatic rings. The van der Waals surface area contributed by atoms with E-state index in [0.717, 1.165) is 24.7 Å². The summed E-state index contributed by atoms with van der Waals surface area (Å²) in [6.45, 7) is 4.57. The van der Waals surface area contributed by atoms with Gasteiger partial charge in [-0.3, -0.25) is 0 Å². The molecule has 0 unspecified atom stereocenters. The fourth-order valence-corrected chi connectivity index (χ4v) is 3.31. The molecule has 0 amide bonds. The number of nitrogens with two attached hydrogens (primary N) is 1. The second-order valence-electron chi connectivity index (χ2n) is 5.31. The maximum absolute atomic E-state index is 11.7. The molecule has 1 saturated heterocycles. The van der Waals surface area contributed by atoms with Gasteiger partial charge in [0, 0.05) is 38.6 Å². The van der Waals surface area contributed by atoms with Crippen LogP contribution in [0, 0.1) is 6.92 Å². The Bertz CT molecular complexity index is 802. The SMILES string of the molecule is Cc1nccc(N2CCN(c3ncccc3S(N)(=O)=O)CC2)n1. The number of primary sulfonamides is 1. The van der Waals surface area contributed by atoms with E-state index in [1.807, 2.05) is 17.9 Å². The summed E-state index contributed by atoms with van der Waals surface area (Å²) in [4.78, 5) is 16.9. The molecule has 0 saturated carbocycles. The molecule has 0 atom stereocenters. The van der Waals surface area contributed by atoms with E-state index in [2.05, 4.69) is 19.9 Å². The van der Waals surface area contributed by atoms with Gasteiger partial charge in [-0.15, -0.1) is 0 Å². The van der Waals surface area contributed by atoms with Crippen LogP contribution < -0.4 is 14.9 Å². The van der Waals surface area contributed by atoms with Gasteiger partial charge in [0.25, 0.3) is 0 Å². The first-order valence-corrected chi connectivity index (χ1v) is 8.77. The molecule has 2 N–H and O–H groups in total. The highest BCUT2D eigenvalue weighted by molar-refractivity contribution is 7.89. The van der Waals surface area contributed by atoms with Crippen molar-refractivity contribution in [2.75, 3.05) is 36.0 Å². The minimum absolute atomic E-state index is 0.0614.